The zero-order valence-corrected chi connectivity index (χ0v) is 13.7. The lowest BCUT2D eigenvalue weighted by Crippen LogP contribution is -2.32. The van der Waals surface area contributed by atoms with Gasteiger partial charge in [-0.3, -0.25) is 0 Å². The molecular formula is C18H18N2O4. The zero-order valence-electron chi connectivity index (χ0n) is 13.7. The third kappa shape index (κ3) is 2.30. The highest BCUT2D eigenvalue weighted by Crippen LogP contribution is 2.53. The van der Waals surface area contributed by atoms with Crippen molar-refractivity contribution in [2.45, 2.75) is 12.1 Å². The van der Waals surface area contributed by atoms with Gasteiger partial charge in [-0.2, -0.15) is 5.26 Å². The molecule has 6 heteroatoms. The first-order valence-electron chi connectivity index (χ1n) is 7.40. The molecule has 0 spiro atoms. The second-order valence-electron chi connectivity index (χ2n) is 5.30. The van der Waals surface area contributed by atoms with Crippen LogP contribution in [0.15, 0.2) is 30.3 Å². The van der Waals surface area contributed by atoms with Gasteiger partial charge in [0.15, 0.2) is 17.6 Å². The first-order chi connectivity index (χ1) is 11.7. The number of hydrogen-bond acceptors (Lipinski definition) is 6. The summed E-state index contributed by atoms with van der Waals surface area (Å²) in [6, 6.07) is 10.5. The van der Waals surface area contributed by atoms with Gasteiger partial charge in [0.1, 0.15) is 11.8 Å². The summed E-state index contributed by atoms with van der Waals surface area (Å²) in [7, 11) is 4.66. The fraction of sp³-hybridized carbons (Fsp3) is 0.278. The second kappa shape index (κ2) is 6.30. The van der Waals surface area contributed by atoms with Gasteiger partial charge in [-0.05, 0) is 12.1 Å². The number of rotatable bonds is 4. The molecule has 1 heterocycles. The predicted molar refractivity (Wildman–Crippen MR) is 88.5 cm³/mol. The molecule has 2 aromatic carbocycles. The lowest BCUT2D eigenvalue weighted by molar-refractivity contribution is 0.188. The Bertz CT molecular complexity index is 813. The topological polar surface area (TPSA) is 86.7 Å². The molecule has 0 saturated heterocycles. The van der Waals surface area contributed by atoms with Crippen molar-refractivity contribution in [1.29, 1.82) is 5.26 Å². The van der Waals surface area contributed by atoms with Crippen molar-refractivity contribution in [2.24, 2.45) is 5.73 Å². The maximum atomic E-state index is 9.27. The average Bonchev–Trinajstić information content (AvgIpc) is 2.64. The Morgan fingerprint density at radius 2 is 1.83 bits per heavy atom. The summed E-state index contributed by atoms with van der Waals surface area (Å²) in [5.41, 5.74) is 8.36. The van der Waals surface area contributed by atoms with Crippen LogP contribution >= 0.6 is 0 Å². The smallest absolute Gasteiger partial charge is 0.203 e. The summed E-state index contributed by atoms with van der Waals surface area (Å²) in [6.45, 7) is 0. The van der Waals surface area contributed by atoms with Gasteiger partial charge in [0.25, 0.3) is 0 Å². The van der Waals surface area contributed by atoms with Gasteiger partial charge in [0.05, 0.1) is 27.4 Å². The van der Waals surface area contributed by atoms with Crippen molar-refractivity contribution in [2.75, 3.05) is 21.3 Å². The monoisotopic (exact) mass is 326 g/mol. The van der Waals surface area contributed by atoms with Crippen molar-refractivity contribution in [3.8, 4) is 40.2 Å². The van der Waals surface area contributed by atoms with E-state index in [1.54, 1.807) is 27.4 Å². The summed E-state index contributed by atoms with van der Waals surface area (Å²) in [4.78, 5) is 0. The fourth-order valence-corrected chi connectivity index (χ4v) is 2.99. The molecule has 2 aromatic rings. The normalized spacial score (nSPS) is 16.0. The molecule has 24 heavy (non-hydrogen) atoms. The standard InChI is InChI=1S/C18H18N2O4/c1-21-14-8-11-15(18(23-3)17(14)22-2)10-6-4-5-7-13(10)24-16(11)12(20)9-19/h4-8,12,16H,20H2,1-3H3. The molecule has 0 aliphatic carbocycles. The molecule has 0 radical (unpaired) electrons. The Hall–Kier alpha value is -2.91. The van der Waals surface area contributed by atoms with Gasteiger partial charge in [-0.15, -0.1) is 0 Å². The van der Waals surface area contributed by atoms with Gasteiger partial charge < -0.3 is 24.7 Å². The van der Waals surface area contributed by atoms with Crippen molar-refractivity contribution >= 4 is 0 Å². The molecule has 0 bridgehead atoms. The third-order valence-corrected chi connectivity index (χ3v) is 4.05. The third-order valence-electron chi connectivity index (χ3n) is 4.05. The highest BCUT2D eigenvalue weighted by Gasteiger charge is 2.35. The maximum absolute atomic E-state index is 9.27. The first kappa shape index (κ1) is 16.0. The average molecular weight is 326 g/mol. The quantitative estimate of drug-likeness (QED) is 0.929. The van der Waals surface area contributed by atoms with E-state index in [9.17, 15) is 5.26 Å². The number of benzene rings is 2. The lowest BCUT2D eigenvalue weighted by atomic mass is 9.88. The molecule has 0 amide bonds. The Balaban J connectivity index is 2.37. The van der Waals surface area contributed by atoms with Crippen LogP contribution in [-0.2, 0) is 0 Å². The highest BCUT2D eigenvalue weighted by molar-refractivity contribution is 5.85. The predicted octanol–water partition coefficient (Wildman–Crippen LogP) is 2.66. The number of ether oxygens (including phenoxy) is 4. The van der Waals surface area contributed by atoms with Crippen LogP contribution in [0.2, 0.25) is 0 Å². The van der Waals surface area contributed by atoms with Gasteiger partial charge in [-0.1, -0.05) is 18.2 Å². The number of methoxy groups -OCH3 is 3. The van der Waals surface area contributed by atoms with Gasteiger partial charge in [0.2, 0.25) is 5.75 Å². The molecule has 124 valence electrons. The number of nitrogens with two attached hydrogens (primary N) is 1. The summed E-state index contributed by atoms with van der Waals surface area (Å²) in [6.07, 6.45) is -0.631. The summed E-state index contributed by atoms with van der Waals surface area (Å²) in [5.74, 6) is 2.15. The molecule has 0 fully saturated rings. The van der Waals surface area contributed by atoms with E-state index in [2.05, 4.69) is 0 Å². The van der Waals surface area contributed by atoms with Crippen LogP contribution in [0.4, 0.5) is 0 Å². The molecule has 0 aromatic heterocycles. The molecule has 6 nitrogen and oxygen atoms in total. The number of hydrogen-bond donors (Lipinski definition) is 1. The van der Waals surface area contributed by atoms with E-state index in [0.29, 0.717) is 23.0 Å². The molecule has 2 N–H and O–H groups in total. The van der Waals surface area contributed by atoms with Gasteiger partial charge in [0, 0.05) is 16.7 Å². The molecule has 2 unspecified atom stereocenters. The van der Waals surface area contributed by atoms with Crippen LogP contribution in [0, 0.1) is 11.3 Å². The Labute approximate surface area is 140 Å². The molecule has 2 atom stereocenters. The fourth-order valence-electron chi connectivity index (χ4n) is 2.99. The molecular weight excluding hydrogens is 308 g/mol. The summed E-state index contributed by atoms with van der Waals surface area (Å²) < 4.78 is 22.5. The van der Waals surface area contributed by atoms with Crippen molar-refractivity contribution in [1.82, 2.24) is 0 Å². The summed E-state index contributed by atoms with van der Waals surface area (Å²) in [5, 5.41) is 9.27. The van der Waals surface area contributed by atoms with E-state index in [-0.39, 0.29) is 0 Å². The maximum Gasteiger partial charge on any atom is 0.203 e. The van der Waals surface area contributed by atoms with E-state index in [1.807, 2.05) is 30.3 Å². The van der Waals surface area contributed by atoms with E-state index in [1.165, 1.54) is 0 Å². The Kier molecular flexibility index (Phi) is 4.19. The van der Waals surface area contributed by atoms with Crippen LogP contribution in [-0.4, -0.2) is 27.4 Å². The first-order valence-corrected chi connectivity index (χ1v) is 7.40. The number of para-hydroxylation sites is 1. The second-order valence-corrected chi connectivity index (χ2v) is 5.30. The molecule has 0 saturated carbocycles. The van der Waals surface area contributed by atoms with Gasteiger partial charge in [-0.25, -0.2) is 0 Å². The van der Waals surface area contributed by atoms with Crippen LogP contribution in [0.25, 0.3) is 11.1 Å². The van der Waals surface area contributed by atoms with Crippen molar-refractivity contribution in [3.63, 3.8) is 0 Å². The van der Waals surface area contributed by atoms with Crippen LogP contribution in [0.5, 0.6) is 23.0 Å². The van der Waals surface area contributed by atoms with E-state index in [4.69, 9.17) is 24.7 Å². The summed E-state index contributed by atoms with van der Waals surface area (Å²) >= 11 is 0. The van der Waals surface area contributed by atoms with E-state index in [0.717, 1.165) is 16.7 Å². The SMILES string of the molecule is COc1cc2c(c(OC)c1OC)-c1ccccc1OC2C(N)C#N. The Morgan fingerprint density at radius 3 is 2.46 bits per heavy atom. The zero-order chi connectivity index (χ0) is 17.3. The van der Waals surface area contributed by atoms with Crippen LogP contribution in [0.3, 0.4) is 0 Å². The van der Waals surface area contributed by atoms with Gasteiger partial charge >= 0.3 is 0 Å². The van der Waals surface area contributed by atoms with E-state index < -0.39 is 12.1 Å². The minimum Gasteiger partial charge on any atom is -0.493 e. The van der Waals surface area contributed by atoms with Crippen LogP contribution in [0.1, 0.15) is 11.7 Å². The minimum absolute atomic E-state index is 0.486. The Morgan fingerprint density at radius 1 is 1.12 bits per heavy atom. The van der Waals surface area contributed by atoms with Crippen molar-refractivity contribution < 1.29 is 18.9 Å². The molecule has 1 aliphatic heterocycles. The largest absolute Gasteiger partial charge is 0.493 e. The number of nitriles is 1. The van der Waals surface area contributed by atoms with Crippen LogP contribution < -0.4 is 24.7 Å². The number of nitrogens with zero attached hydrogens (tertiary/aromatic N) is 1. The highest BCUT2D eigenvalue weighted by atomic mass is 16.5. The lowest BCUT2D eigenvalue weighted by Gasteiger charge is -2.32. The van der Waals surface area contributed by atoms with Crippen molar-refractivity contribution in [3.05, 3.63) is 35.9 Å². The molecule has 1 aliphatic rings. The van der Waals surface area contributed by atoms with E-state index >= 15 is 0 Å². The molecule has 3 rings (SSSR count). The number of fused-ring (bicyclic) bond motifs is 3. The minimum atomic E-state index is -0.833.